The summed E-state index contributed by atoms with van der Waals surface area (Å²) in [5.74, 6) is 1.53. The number of guanidine groups is 1. The van der Waals surface area contributed by atoms with E-state index in [2.05, 4.69) is 20.6 Å². The molecule has 1 aromatic heterocycles. The maximum absolute atomic E-state index is 12.7. The van der Waals surface area contributed by atoms with Crippen LogP contribution >= 0.6 is 24.0 Å². The van der Waals surface area contributed by atoms with Gasteiger partial charge in [0.2, 0.25) is 0 Å². The molecule has 0 aliphatic heterocycles. The van der Waals surface area contributed by atoms with Crippen LogP contribution in [0.4, 0.5) is 8.78 Å². The van der Waals surface area contributed by atoms with E-state index in [4.69, 9.17) is 4.74 Å². The number of hydrogen-bond donors (Lipinski definition) is 2. The van der Waals surface area contributed by atoms with E-state index in [0.29, 0.717) is 19.1 Å². The molecule has 0 bridgehead atoms. The largest absolute Gasteiger partial charge is 0.492 e. The Bertz CT molecular complexity index is 661. The van der Waals surface area contributed by atoms with E-state index in [9.17, 15) is 8.78 Å². The molecule has 0 atom stereocenters. The number of alkyl halides is 2. The Morgan fingerprint density at radius 1 is 1.28 bits per heavy atom. The topological polar surface area (TPSA) is 63.5 Å². The van der Waals surface area contributed by atoms with Crippen molar-refractivity contribution in [1.29, 1.82) is 0 Å². The quantitative estimate of drug-likeness (QED) is 0.286. The van der Waals surface area contributed by atoms with Crippen LogP contribution in [0.2, 0.25) is 0 Å². The summed E-state index contributed by atoms with van der Waals surface area (Å²) >= 11 is 0. The standard InChI is InChI=1S/C16H21F2N5O.HI/c1-12-3-5-13(6-4-12)24-10-8-21-16(19-2)22-11-14-20-7-9-23(14)15(17)18;/h3-7,9,15H,8,10-11H2,1-2H3,(H2,19,21,22);1H. The number of halogens is 3. The predicted octanol–water partition coefficient (Wildman–Crippen LogP) is 2.95. The summed E-state index contributed by atoms with van der Waals surface area (Å²) in [5, 5.41) is 5.99. The Balaban J connectivity index is 0.00000312. The van der Waals surface area contributed by atoms with Gasteiger partial charge in [-0.15, -0.1) is 24.0 Å². The van der Waals surface area contributed by atoms with Crippen LogP contribution in [0, 0.1) is 6.92 Å². The maximum Gasteiger partial charge on any atom is 0.319 e. The monoisotopic (exact) mass is 465 g/mol. The van der Waals surface area contributed by atoms with Crippen molar-refractivity contribution in [3.05, 3.63) is 48.0 Å². The molecule has 2 N–H and O–H groups in total. The van der Waals surface area contributed by atoms with Crippen molar-refractivity contribution in [2.45, 2.75) is 20.0 Å². The molecule has 1 aromatic carbocycles. The molecule has 9 heteroatoms. The second-order valence-corrected chi connectivity index (χ2v) is 5.04. The lowest BCUT2D eigenvalue weighted by Crippen LogP contribution is -2.39. The fourth-order valence-corrected chi connectivity index (χ4v) is 2.01. The summed E-state index contributed by atoms with van der Waals surface area (Å²) in [7, 11) is 1.61. The third kappa shape index (κ3) is 6.85. The summed E-state index contributed by atoms with van der Waals surface area (Å²) in [6.45, 7) is 0.532. The molecule has 0 aliphatic carbocycles. The van der Waals surface area contributed by atoms with Crippen LogP contribution in [0.25, 0.3) is 0 Å². The van der Waals surface area contributed by atoms with Gasteiger partial charge in [0.05, 0.1) is 13.1 Å². The molecule has 0 saturated heterocycles. The normalized spacial score (nSPS) is 11.2. The minimum atomic E-state index is -2.61. The predicted molar refractivity (Wildman–Crippen MR) is 104 cm³/mol. The van der Waals surface area contributed by atoms with E-state index >= 15 is 0 Å². The van der Waals surface area contributed by atoms with E-state index in [0.717, 1.165) is 10.3 Å². The van der Waals surface area contributed by atoms with Gasteiger partial charge in [0.15, 0.2) is 5.96 Å². The molecule has 0 fully saturated rings. The average Bonchev–Trinajstić information content (AvgIpc) is 3.04. The van der Waals surface area contributed by atoms with Crippen LogP contribution in [0.5, 0.6) is 5.75 Å². The van der Waals surface area contributed by atoms with Crippen LogP contribution in [0.15, 0.2) is 41.7 Å². The summed E-state index contributed by atoms with van der Waals surface area (Å²) in [6, 6.07) is 7.78. The summed E-state index contributed by atoms with van der Waals surface area (Å²) in [6.07, 6.45) is 2.59. The maximum atomic E-state index is 12.7. The smallest absolute Gasteiger partial charge is 0.319 e. The molecule has 0 unspecified atom stereocenters. The number of hydrogen-bond acceptors (Lipinski definition) is 3. The Kier molecular flexibility index (Phi) is 9.17. The molecule has 0 saturated carbocycles. The van der Waals surface area contributed by atoms with Crippen LogP contribution in [0.1, 0.15) is 17.9 Å². The molecule has 0 radical (unpaired) electrons. The van der Waals surface area contributed by atoms with Crippen LogP contribution in [0.3, 0.4) is 0 Å². The van der Waals surface area contributed by atoms with E-state index in [-0.39, 0.29) is 36.3 Å². The van der Waals surface area contributed by atoms with Gasteiger partial charge in [-0.2, -0.15) is 8.78 Å². The number of ether oxygens (including phenoxy) is 1. The van der Waals surface area contributed by atoms with Crippen molar-refractivity contribution in [2.24, 2.45) is 4.99 Å². The minimum absolute atomic E-state index is 0. The Morgan fingerprint density at radius 3 is 2.64 bits per heavy atom. The third-order valence-electron chi connectivity index (χ3n) is 3.28. The zero-order chi connectivity index (χ0) is 17.4. The SMILES string of the molecule is CN=C(NCCOc1ccc(C)cc1)NCc1nccn1C(F)F.I. The number of aryl methyl sites for hydroxylation is 1. The van der Waals surface area contributed by atoms with Gasteiger partial charge in [-0.25, -0.2) is 4.98 Å². The summed E-state index contributed by atoms with van der Waals surface area (Å²) < 4.78 is 31.9. The van der Waals surface area contributed by atoms with Gasteiger partial charge in [0.25, 0.3) is 0 Å². The van der Waals surface area contributed by atoms with E-state index < -0.39 is 6.55 Å². The number of nitrogens with zero attached hydrogens (tertiary/aromatic N) is 3. The van der Waals surface area contributed by atoms with Gasteiger partial charge in [-0.05, 0) is 19.1 Å². The van der Waals surface area contributed by atoms with Crippen LogP contribution < -0.4 is 15.4 Å². The number of imidazole rings is 1. The Hall–Kier alpha value is -1.91. The lowest BCUT2D eigenvalue weighted by Gasteiger charge is -2.13. The van der Waals surface area contributed by atoms with Crippen LogP contribution in [-0.4, -0.2) is 35.7 Å². The first-order chi connectivity index (χ1) is 11.6. The Labute approximate surface area is 162 Å². The number of rotatable bonds is 7. The third-order valence-corrected chi connectivity index (χ3v) is 3.28. The zero-order valence-corrected chi connectivity index (χ0v) is 16.4. The number of nitrogens with one attached hydrogen (secondary N) is 2. The lowest BCUT2D eigenvalue weighted by atomic mass is 10.2. The summed E-state index contributed by atoms with van der Waals surface area (Å²) in [5.41, 5.74) is 1.17. The fourth-order valence-electron chi connectivity index (χ4n) is 2.01. The van der Waals surface area contributed by atoms with Gasteiger partial charge < -0.3 is 15.4 Å². The first-order valence-electron chi connectivity index (χ1n) is 7.54. The molecule has 2 aromatic rings. The highest BCUT2D eigenvalue weighted by Gasteiger charge is 2.11. The highest BCUT2D eigenvalue weighted by atomic mass is 127. The second kappa shape index (κ2) is 10.9. The van der Waals surface area contributed by atoms with Crippen molar-refractivity contribution >= 4 is 29.9 Å². The highest BCUT2D eigenvalue weighted by molar-refractivity contribution is 14.0. The molecule has 138 valence electrons. The molecule has 25 heavy (non-hydrogen) atoms. The van der Waals surface area contributed by atoms with E-state index in [1.165, 1.54) is 18.0 Å². The fraction of sp³-hybridized carbons (Fsp3) is 0.375. The number of aromatic nitrogens is 2. The average molecular weight is 465 g/mol. The van der Waals surface area contributed by atoms with Gasteiger partial charge in [0.1, 0.15) is 18.2 Å². The first-order valence-corrected chi connectivity index (χ1v) is 7.54. The van der Waals surface area contributed by atoms with E-state index in [1.807, 2.05) is 31.2 Å². The van der Waals surface area contributed by atoms with Crippen molar-refractivity contribution in [3.8, 4) is 5.75 Å². The molecule has 1 heterocycles. The Morgan fingerprint density at radius 2 is 2.00 bits per heavy atom. The van der Waals surface area contributed by atoms with Crippen molar-refractivity contribution < 1.29 is 13.5 Å². The molecule has 6 nitrogen and oxygen atoms in total. The zero-order valence-electron chi connectivity index (χ0n) is 14.1. The minimum Gasteiger partial charge on any atom is -0.492 e. The van der Waals surface area contributed by atoms with Crippen LogP contribution in [-0.2, 0) is 6.54 Å². The van der Waals surface area contributed by atoms with E-state index in [1.54, 1.807) is 7.05 Å². The molecule has 0 amide bonds. The molecular weight excluding hydrogens is 443 g/mol. The second-order valence-electron chi connectivity index (χ2n) is 5.04. The molecule has 0 spiro atoms. The number of benzene rings is 1. The number of aliphatic imine (C=N–C) groups is 1. The summed E-state index contributed by atoms with van der Waals surface area (Å²) in [4.78, 5) is 7.93. The lowest BCUT2D eigenvalue weighted by molar-refractivity contribution is 0.0668. The van der Waals surface area contributed by atoms with Gasteiger partial charge in [-0.3, -0.25) is 9.56 Å². The van der Waals surface area contributed by atoms with Gasteiger partial charge >= 0.3 is 6.55 Å². The highest BCUT2D eigenvalue weighted by Crippen LogP contribution is 2.12. The van der Waals surface area contributed by atoms with Crippen molar-refractivity contribution in [3.63, 3.8) is 0 Å². The molecular formula is C16H22F2IN5O. The molecule has 0 aliphatic rings. The molecule has 2 rings (SSSR count). The van der Waals surface area contributed by atoms with Gasteiger partial charge in [0, 0.05) is 19.4 Å². The van der Waals surface area contributed by atoms with Crippen molar-refractivity contribution in [1.82, 2.24) is 20.2 Å². The van der Waals surface area contributed by atoms with Gasteiger partial charge in [-0.1, -0.05) is 17.7 Å². The van der Waals surface area contributed by atoms with Crippen molar-refractivity contribution in [2.75, 3.05) is 20.2 Å². The first kappa shape index (κ1) is 21.1.